The molecule has 0 aliphatic carbocycles. The van der Waals surface area contributed by atoms with Crippen molar-refractivity contribution in [1.29, 1.82) is 0 Å². The lowest BCUT2D eigenvalue weighted by Gasteiger charge is -2.09. The van der Waals surface area contributed by atoms with E-state index in [0.717, 1.165) is 26.2 Å². The molecular formula is C13H10Br2ClN. The highest BCUT2D eigenvalue weighted by Crippen LogP contribution is 2.26. The number of hydrogen-bond donors (Lipinski definition) is 1. The molecule has 0 amide bonds. The summed E-state index contributed by atoms with van der Waals surface area (Å²) < 4.78 is 2.06. The van der Waals surface area contributed by atoms with Gasteiger partial charge in [0, 0.05) is 15.5 Å². The third-order valence-corrected chi connectivity index (χ3v) is 3.60. The van der Waals surface area contributed by atoms with E-state index in [2.05, 4.69) is 49.3 Å². The molecule has 0 aliphatic heterocycles. The Hall–Kier alpha value is -0.510. The molecule has 2 aromatic carbocycles. The summed E-state index contributed by atoms with van der Waals surface area (Å²) in [6.45, 7) is 0.751. The van der Waals surface area contributed by atoms with Gasteiger partial charge in [0.25, 0.3) is 0 Å². The minimum absolute atomic E-state index is 0.717. The van der Waals surface area contributed by atoms with Crippen LogP contribution in [0.1, 0.15) is 5.56 Å². The second kappa shape index (κ2) is 5.89. The summed E-state index contributed by atoms with van der Waals surface area (Å²) in [5.41, 5.74) is 2.15. The van der Waals surface area contributed by atoms with Crippen molar-refractivity contribution in [1.82, 2.24) is 0 Å². The largest absolute Gasteiger partial charge is 0.380 e. The molecule has 0 unspecified atom stereocenters. The molecule has 0 saturated carbocycles. The summed E-state index contributed by atoms with van der Waals surface area (Å²) in [4.78, 5) is 0. The van der Waals surface area contributed by atoms with Crippen LogP contribution in [0.5, 0.6) is 0 Å². The monoisotopic (exact) mass is 373 g/mol. The van der Waals surface area contributed by atoms with Crippen LogP contribution >= 0.6 is 43.5 Å². The third-order valence-electron chi connectivity index (χ3n) is 2.30. The molecule has 0 spiro atoms. The predicted molar refractivity (Wildman–Crippen MR) is 80.6 cm³/mol. The molecule has 88 valence electrons. The predicted octanol–water partition coefficient (Wildman–Crippen LogP) is 5.48. The van der Waals surface area contributed by atoms with Crippen LogP contribution in [-0.2, 0) is 6.54 Å². The molecule has 4 heteroatoms. The SMILES string of the molecule is Clc1cc(Br)ccc1NCc1cccc(Br)c1. The molecule has 1 nitrogen and oxygen atoms in total. The quantitative estimate of drug-likeness (QED) is 0.749. The maximum Gasteiger partial charge on any atom is 0.0648 e. The van der Waals surface area contributed by atoms with Gasteiger partial charge in [-0.2, -0.15) is 0 Å². The van der Waals surface area contributed by atoms with E-state index in [1.165, 1.54) is 5.56 Å². The second-order valence-corrected chi connectivity index (χ2v) is 5.85. The Morgan fingerprint density at radius 2 is 1.76 bits per heavy atom. The number of halogens is 3. The van der Waals surface area contributed by atoms with Crippen molar-refractivity contribution in [3.8, 4) is 0 Å². The minimum atomic E-state index is 0.717. The summed E-state index contributed by atoms with van der Waals surface area (Å²) in [5, 5.41) is 4.03. The van der Waals surface area contributed by atoms with Gasteiger partial charge in [0.05, 0.1) is 10.7 Å². The molecule has 0 heterocycles. The van der Waals surface area contributed by atoms with Crippen LogP contribution in [0.25, 0.3) is 0 Å². The molecule has 0 radical (unpaired) electrons. The van der Waals surface area contributed by atoms with Gasteiger partial charge >= 0.3 is 0 Å². The van der Waals surface area contributed by atoms with Gasteiger partial charge in [-0.15, -0.1) is 0 Å². The van der Waals surface area contributed by atoms with Crippen molar-refractivity contribution >= 4 is 49.1 Å². The highest BCUT2D eigenvalue weighted by atomic mass is 79.9. The van der Waals surface area contributed by atoms with E-state index in [0.29, 0.717) is 0 Å². The minimum Gasteiger partial charge on any atom is -0.380 e. The van der Waals surface area contributed by atoms with Gasteiger partial charge in [-0.3, -0.25) is 0 Å². The Kier molecular flexibility index (Phi) is 4.48. The number of rotatable bonds is 3. The molecule has 0 aliphatic rings. The molecule has 2 aromatic rings. The summed E-state index contributed by atoms with van der Waals surface area (Å²) >= 11 is 13.0. The Balaban J connectivity index is 2.07. The normalized spacial score (nSPS) is 10.3. The van der Waals surface area contributed by atoms with Gasteiger partial charge < -0.3 is 5.32 Å². The average Bonchev–Trinajstić information content (AvgIpc) is 2.28. The topological polar surface area (TPSA) is 12.0 Å². The van der Waals surface area contributed by atoms with Gasteiger partial charge in [0.2, 0.25) is 0 Å². The summed E-state index contributed by atoms with van der Waals surface area (Å²) in [6.07, 6.45) is 0. The fraction of sp³-hybridized carbons (Fsp3) is 0.0769. The number of nitrogens with one attached hydrogen (secondary N) is 1. The molecular weight excluding hydrogens is 365 g/mol. The van der Waals surface area contributed by atoms with Gasteiger partial charge in [-0.1, -0.05) is 55.6 Å². The number of hydrogen-bond acceptors (Lipinski definition) is 1. The zero-order valence-electron chi connectivity index (χ0n) is 8.88. The molecule has 0 atom stereocenters. The van der Waals surface area contributed by atoms with Gasteiger partial charge in [-0.25, -0.2) is 0 Å². The van der Waals surface area contributed by atoms with Crippen molar-refractivity contribution in [2.45, 2.75) is 6.54 Å². The standard InChI is InChI=1S/C13H10Br2ClN/c14-10-3-1-2-9(6-10)8-17-13-5-4-11(15)7-12(13)16/h1-7,17H,8H2. The number of anilines is 1. The molecule has 0 saturated heterocycles. The van der Waals surface area contributed by atoms with Crippen LogP contribution in [0.2, 0.25) is 5.02 Å². The van der Waals surface area contributed by atoms with Crippen molar-refractivity contribution < 1.29 is 0 Å². The first-order valence-corrected chi connectivity index (χ1v) is 7.05. The summed E-state index contributed by atoms with van der Waals surface area (Å²) in [6, 6.07) is 14.0. The zero-order valence-corrected chi connectivity index (χ0v) is 12.8. The second-order valence-electron chi connectivity index (χ2n) is 3.61. The fourth-order valence-electron chi connectivity index (χ4n) is 1.48. The highest BCUT2D eigenvalue weighted by Gasteiger charge is 2.00. The molecule has 1 N–H and O–H groups in total. The van der Waals surface area contributed by atoms with Gasteiger partial charge in [0.15, 0.2) is 0 Å². The Morgan fingerprint density at radius 3 is 2.47 bits per heavy atom. The number of benzene rings is 2. The molecule has 17 heavy (non-hydrogen) atoms. The van der Waals surface area contributed by atoms with E-state index in [4.69, 9.17) is 11.6 Å². The first-order chi connectivity index (χ1) is 8.15. The van der Waals surface area contributed by atoms with E-state index < -0.39 is 0 Å². The smallest absolute Gasteiger partial charge is 0.0648 e. The Labute approximate surface area is 122 Å². The van der Waals surface area contributed by atoms with Gasteiger partial charge in [-0.05, 0) is 35.9 Å². The first kappa shape index (κ1) is 12.9. The van der Waals surface area contributed by atoms with Crippen LogP contribution in [0.3, 0.4) is 0 Å². The Bertz CT molecular complexity index is 529. The van der Waals surface area contributed by atoms with Crippen LogP contribution in [0, 0.1) is 0 Å². The van der Waals surface area contributed by atoms with Crippen LogP contribution in [-0.4, -0.2) is 0 Å². The van der Waals surface area contributed by atoms with Crippen molar-refractivity contribution in [2.24, 2.45) is 0 Å². The molecule has 2 rings (SSSR count). The first-order valence-electron chi connectivity index (χ1n) is 5.08. The van der Waals surface area contributed by atoms with E-state index in [-0.39, 0.29) is 0 Å². The van der Waals surface area contributed by atoms with Gasteiger partial charge in [0.1, 0.15) is 0 Å². The summed E-state index contributed by atoms with van der Waals surface area (Å²) in [5.74, 6) is 0. The third kappa shape index (κ3) is 3.73. The lowest BCUT2D eigenvalue weighted by Crippen LogP contribution is -1.99. The molecule has 0 bridgehead atoms. The van der Waals surface area contributed by atoms with Crippen molar-refractivity contribution in [2.75, 3.05) is 5.32 Å². The lowest BCUT2D eigenvalue weighted by molar-refractivity contribution is 1.15. The van der Waals surface area contributed by atoms with Crippen LogP contribution < -0.4 is 5.32 Å². The van der Waals surface area contributed by atoms with E-state index >= 15 is 0 Å². The van der Waals surface area contributed by atoms with Crippen LogP contribution in [0.4, 0.5) is 5.69 Å². The molecule has 0 fully saturated rings. The van der Waals surface area contributed by atoms with Crippen LogP contribution in [0.15, 0.2) is 51.4 Å². The average molecular weight is 375 g/mol. The highest BCUT2D eigenvalue weighted by molar-refractivity contribution is 9.10. The van der Waals surface area contributed by atoms with Crippen molar-refractivity contribution in [3.63, 3.8) is 0 Å². The maximum absolute atomic E-state index is 6.13. The van der Waals surface area contributed by atoms with E-state index in [1.54, 1.807) is 0 Å². The maximum atomic E-state index is 6.13. The lowest BCUT2D eigenvalue weighted by atomic mass is 10.2. The Morgan fingerprint density at radius 1 is 1.00 bits per heavy atom. The fourth-order valence-corrected chi connectivity index (χ4v) is 2.66. The summed E-state index contributed by atoms with van der Waals surface area (Å²) in [7, 11) is 0. The zero-order chi connectivity index (χ0) is 12.3. The van der Waals surface area contributed by atoms with E-state index in [9.17, 15) is 0 Å². The molecule has 0 aromatic heterocycles. The van der Waals surface area contributed by atoms with E-state index in [1.807, 2.05) is 30.3 Å². The van der Waals surface area contributed by atoms with Crippen molar-refractivity contribution in [3.05, 3.63) is 62.0 Å².